The minimum Gasteiger partial charge on any atom is -0.339 e. The van der Waals surface area contributed by atoms with Gasteiger partial charge in [0.2, 0.25) is 0 Å². The van der Waals surface area contributed by atoms with Crippen molar-refractivity contribution < 1.29 is 0 Å². The smallest absolute Gasteiger partial charge is 0.152 e. The fourth-order valence-corrected chi connectivity index (χ4v) is 2.55. The third-order valence-corrected chi connectivity index (χ3v) is 4.01. The lowest BCUT2D eigenvalue weighted by atomic mass is 10.1. The first-order valence-electron chi connectivity index (χ1n) is 7.36. The summed E-state index contributed by atoms with van der Waals surface area (Å²) >= 11 is 6.28. The van der Waals surface area contributed by atoms with Crippen molar-refractivity contribution in [3.8, 4) is 11.4 Å². The van der Waals surface area contributed by atoms with E-state index in [9.17, 15) is 0 Å². The highest BCUT2D eigenvalue weighted by atomic mass is 35.5. The highest BCUT2D eigenvalue weighted by Gasteiger charge is 2.13. The first kappa shape index (κ1) is 15.7. The van der Waals surface area contributed by atoms with Gasteiger partial charge in [-0.1, -0.05) is 41.4 Å². The van der Waals surface area contributed by atoms with E-state index in [1.165, 1.54) is 5.56 Å². The number of benzene rings is 1. The maximum Gasteiger partial charge on any atom is 0.152 e. The summed E-state index contributed by atoms with van der Waals surface area (Å²) in [7, 11) is 3.94. The average molecular weight is 331 g/mol. The first-order valence-corrected chi connectivity index (χ1v) is 7.73. The zero-order valence-corrected chi connectivity index (χ0v) is 14.2. The van der Waals surface area contributed by atoms with Crippen molar-refractivity contribution in [3.63, 3.8) is 0 Å². The summed E-state index contributed by atoms with van der Waals surface area (Å²) in [5.41, 5.74) is 3.14. The number of aromatic amines is 1. The van der Waals surface area contributed by atoms with Gasteiger partial charge in [-0.25, -0.2) is 4.98 Å². The Balaban J connectivity index is 1.73. The van der Waals surface area contributed by atoms with E-state index in [-0.39, 0.29) is 0 Å². The molecule has 2 aromatic heterocycles. The van der Waals surface area contributed by atoms with E-state index in [1.54, 1.807) is 6.33 Å². The lowest BCUT2D eigenvalue weighted by Gasteiger charge is -2.14. The molecule has 0 aliphatic carbocycles. The van der Waals surface area contributed by atoms with Crippen molar-refractivity contribution in [2.45, 2.75) is 20.0 Å². The molecule has 0 spiro atoms. The molecule has 23 heavy (non-hydrogen) atoms. The highest BCUT2D eigenvalue weighted by Crippen LogP contribution is 2.22. The summed E-state index contributed by atoms with van der Waals surface area (Å²) in [6.45, 7) is 3.40. The Bertz CT molecular complexity index is 789. The molecule has 0 unspecified atom stereocenters. The molecule has 0 saturated heterocycles. The Morgan fingerprint density at radius 3 is 2.61 bits per heavy atom. The summed E-state index contributed by atoms with van der Waals surface area (Å²) in [4.78, 5) is 9.86. The molecule has 1 N–H and O–H groups in total. The van der Waals surface area contributed by atoms with Crippen LogP contribution < -0.4 is 0 Å². The van der Waals surface area contributed by atoms with Crippen LogP contribution in [0.3, 0.4) is 0 Å². The Morgan fingerprint density at radius 1 is 1.22 bits per heavy atom. The molecule has 0 fully saturated rings. The number of halogens is 1. The molecule has 0 amide bonds. The molecule has 3 aromatic rings. The van der Waals surface area contributed by atoms with E-state index in [2.05, 4.69) is 44.1 Å². The van der Waals surface area contributed by atoms with Crippen LogP contribution >= 0.6 is 11.6 Å². The van der Waals surface area contributed by atoms with Crippen LogP contribution in [0.2, 0.25) is 5.15 Å². The molecular weight excluding hydrogens is 312 g/mol. The second-order valence-corrected chi connectivity index (χ2v) is 6.11. The molecule has 0 aliphatic heterocycles. The number of nitrogens with zero attached hydrogens (tertiary/aromatic N) is 5. The summed E-state index contributed by atoms with van der Waals surface area (Å²) in [5.74, 6) is 1.69. The van der Waals surface area contributed by atoms with Crippen molar-refractivity contribution in [2.75, 3.05) is 7.05 Å². The minimum absolute atomic E-state index is 0.505. The van der Waals surface area contributed by atoms with Gasteiger partial charge in [-0.05, 0) is 14.0 Å². The summed E-state index contributed by atoms with van der Waals surface area (Å²) in [6, 6.07) is 8.20. The number of imidazole rings is 1. The maximum atomic E-state index is 6.28. The van der Waals surface area contributed by atoms with E-state index < -0.39 is 0 Å². The van der Waals surface area contributed by atoms with Gasteiger partial charge < -0.3 is 9.55 Å². The van der Waals surface area contributed by atoms with E-state index in [1.807, 2.05) is 30.8 Å². The largest absolute Gasteiger partial charge is 0.339 e. The second kappa shape index (κ2) is 6.52. The number of aromatic nitrogens is 5. The Morgan fingerprint density at radius 2 is 1.96 bits per heavy atom. The monoisotopic (exact) mass is 330 g/mol. The third kappa shape index (κ3) is 3.60. The molecular formula is C16H19ClN6. The number of H-pyrrole nitrogens is 1. The summed E-state index contributed by atoms with van der Waals surface area (Å²) < 4.78 is 1.91. The Hall–Kier alpha value is -2.18. The van der Waals surface area contributed by atoms with Crippen LogP contribution in [0.1, 0.15) is 17.1 Å². The topological polar surface area (TPSA) is 62.6 Å². The van der Waals surface area contributed by atoms with Crippen LogP contribution in [0.15, 0.2) is 30.6 Å². The average Bonchev–Trinajstić information content (AvgIpc) is 3.07. The van der Waals surface area contributed by atoms with Crippen LogP contribution in [0, 0.1) is 6.92 Å². The minimum atomic E-state index is 0.505. The number of aryl methyl sites for hydroxylation is 2. The molecule has 0 aliphatic rings. The molecule has 0 atom stereocenters. The van der Waals surface area contributed by atoms with E-state index >= 15 is 0 Å². The maximum absolute atomic E-state index is 6.28. The SMILES string of the molecule is Cc1ccc(-c2nc(Cl)c(CN(C)Cc3nncn3C)[nH]2)cc1. The van der Waals surface area contributed by atoms with E-state index in [4.69, 9.17) is 11.6 Å². The van der Waals surface area contributed by atoms with Crippen LogP contribution in [0.25, 0.3) is 11.4 Å². The zero-order chi connectivity index (χ0) is 16.4. The lowest BCUT2D eigenvalue weighted by Crippen LogP contribution is -2.20. The van der Waals surface area contributed by atoms with Gasteiger partial charge in [0.05, 0.1) is 12.2 Å². The van der Waals surface area contributed by atoms with Crippen LogP contribution in [-0.2, 0) is 20.1 Å². The second-order valence-electron chi connectivity index (χ2n) is 5.75. The van der Waals surface area contributed by atoms with Gasteiger partial charge in [0.1, 0.15) is 18.0 Å². The van der Waals surface area contributed by atoms with Crippen molar-refractivity contribution in [1.82, 2.24) is 29.6 Å². The molecule has 6 nitrogen and oxygen atoms in total. The van der Waals surface area contributed by atoms with Gasteiger partial charge in [0, 0.05) is 19.2 Å². The van der Waals surface area contributed by atoms with Gasteiger partial charge in [-0.15, -0.1) is 10.2 Å². The summed E-state index contributed by atoms with van der Waals surface area (Å²) in [6.07, 6.45) is 1.70. The highest BCUT2D eigenvalue weighted by molar-refractivity contribution is 6.30. The molecule has 1 aromatic carbocycles. The Kier molecular flexibility index (Phi) is 4.45. The van der Waals surface area contributed by atoms with Crippen molar-refractivity contribution in [1.29, 1.82) is 0 Å². The fourth-order valence-electron chi connectivity index (χ4n) is 2.36. The fraction of sp³-hybridized carbons (Fsp3) is 0.312. The number of hydrogen-bond donors (Lipinski definition) is 1. The molecule has 7 heteroatoms. The molecule has 0 bridgehead atoms. The lowest BCUT2D eigenvalue weighted by molar-refractivity contribution is 0.303. The van der Waals surface area contributed by atoms with E-state index in [0.29, 0.717) is 18.2 Å². The van der Waals surface area contributed by atoms with Crippen molar-refractivity contribution in [3.05, 3.63) is 52.8 Å². The molecule has 0 saturated carbocycles. The van der Waals surface area contributed by atoms with Crippen LogP contribution in [-0.4, -0.2) is 36.7 Å². The number of rotatable bonds is 5. The molecule has 2 heterocycles. The summed E-state index contributed by atoms with van der Waals surface area (Å²) in [5, 5.41) is 8.49. The normalized spacial score (nSPS) is 11.3. The van der Waals surface area contributed by atoms with Crippen molar-refractivity contribution >= 4 is 11.6 Å². The standard InChI is InChI=1S/C16H19ClN6/c1-11-4-6-12(7-5-11)16-19-13(15(17)20-16)8-22(2)9-14-21-18-10-23(14)3/h4-7,10H,8-9H2,1-3H3,(H,19,20). The Labute approximate surface area is 140 Å². The van der Waals surface area contributed by atoms with E-state index in [0.717, 1.165) is 22.9 Å². The van der Waals surface area contributed by atoms with Crippen LogP contribution in [0.4, 0.5) is 0 Å². The number of hydrogen-bond acceptors (Lipinski definition) is 4. The third-order valence-electron chi connectivity index (χ3n) is 3.70. The van der Waals surface area contributed by atoms with Gasteiger partial charge in [-0.3, -0.25) is 4.90 Å². The molecule has 3 rings (SSSR count). The van der Waals surface area contributed by atoms with Gasteiger partial charge in [-0.2, -0.15) is 0 Å². The quantitative estimate of drug-likeness (QED) is 0.781. The van der Waals surface area contributed by atoms with Gasteiger partial charge in [0.25, 0.3) is 0 Å². The predicted octanol–water partition coefficient (Wildman–Crippen LogP) is 2.80. The van der Waals surface area contributed by atoms with Gasteiger partial charge >= 0.3 is 0 Å². The number of nitrogens with one attached hydrogen (secondary N) is 1. The van der Waals surface area contributed by atoms with Gasteiger partial charge in [0.15, 0.2) is 5.15 Å². The van der Waals surface area contributed by atoms with Crippen LogP contribution in [0.5, 0.6) is 0 Å². The van der Waals surface area contributed by atoms with Crippen molar-refractivity contribution in [2.24, 2.45) is 7.05 Å². The molecule has 120 valence electrons. The molecule has 0 radical (unpaired) electrons. The zero-order valence-electron chi connectivity index (χ0n) is 13.4. The predicted molar refractivity (Wildman–Crippen MR) is 89.9 cm³/mol. The first-order chi connectivity index (χ1) is 11.0.